The predicted molar refractivity (Wildman–Crippen MR) is 104 cm³/mol. The molecule has 30 heavy (non-hydrogen) atoms. The number of nitrogens with one attached hydrogen (secondary N) is 1. The largest absolute Gasteiger partial charge is 0.507 e. The maximum atomic E-state index is 14.7. The minimum atomic E-state index is -1.18. The Labute approximate surface area is 171 Å². The molecule has 0 amide bonds. The van der Waals surface area contributed by atoms with E-state index in [2.05, 4.69) is 25.5 Å². The van der Waals surface area contributed by atoms with Gasteiger partial charge in [-0.1, -0.05) is 5.10 Å². The highest BCUT2D eigenvalue weighted by molar-refractivity contribution is 5.67. The molecule has 10 heteroatoms. The molecule has 2 N–H and O–H groups in total. The highest BCUT2D eigenvalue weighted by Gasteiger charge is 2.48. The van der Waals surface area contributed by atoms with Crippen molar-refractivity contribution in [1.82, 2.24) is 30.0 Å². The van der Waals surface area contributed by atoms with Crippen LogP contribution in [0.15, 0.2) is 43.1 Å². The monoisotopic (exact) mass is 412 g/mol. The first-order chi connectivity index (χ1) is 14.6. The minimum Gasteiger partial charge on any atom is -0.507 e. The van der Waals surface area contributed by atoms with E-state index in [1.54, 1.807) is 42.5 Å². The number of rotatable bonds is 5. The predicted octanol–water partition coefficient (Wildman–Crippen LogP) is 1.66. The summed E-state index contributed by atoms with van der Waals surface area (Å²) in [7, 11) is 1.64. The summed E-state index contributed by atoms with van der Waals surface area (Å²) in [6, 6.07) is 4.92. The number of halogens is 1. The van der Waals surface area contributed by atoms with Crippen molar-refractivity contribution in [3.63, 3.8) is 0 Å². The van der Waals surface area contributed by atoms with E-state index in [4.69, 9.17) is 9.47 Å². The number of aromatic hydroxyl groups is 1. The second-order valence-electron chi connectivity index (χ2n) is 7.52. The third kappa shape index (κ3) is 3.37. The number of nitrogens with zero attached hydrogens (tertiary/aromatic N) is 5. The topological polar surface area (TPSA) is 107 Å². The number of benzene rings is 1. The van der Waals surface area contributed by atoms with Crippen LogP contribution in [-0.4, -0.2) is 67.4 Å². The number of fused-ring (bicyclic) bond motifs is 2. The molecule has 0 spiro atoms. The molecule has 2 bridgehead atoms. The van der Waals surface area contributed by atoms with Crippen LogP contribution in [0.2, 0.25) is 0 Å². The second kappa shape index (κ2) is 7.62. The van der Waals surface area contributed by atoms with Crippen molar-refractivity contribution < 1.29 is 19.0 Å². The SMILES string of the molecule is CO[C@@H]1C[C@@H]2N[C@H]1C[C@@H](Oc1ncc(-c3ccc(-n4ccnc4)cc3O)nn1)[C@@H]2F. The summed E-state index contributed by atoms with van der Waals surface area (Å²) in [4.78, 5) is 8.16. The fourth-order valence-electron chi connectivity index (χ4n) is 4.21. The minimum absolute atomic E-state index is 0.0104. The lowest BCUT2D eigenvalue weighted by Crippen LogP contribution is -2.52. The van der Waals surface area contributed by atoms with Gasteiger partial charge in [-0.2, -0.15) is 0 Å². The Bertz CT molecular complexity index is 1020. The normalized spacial score (nSPS) is 27.9. The van der Waals surface area contributed by atoms with Gasteiger partial charge < -0.3 is 24.5 Å². The van der Waals surface area contributed by atoms with E-state index in [9.17, 15) is 9.50 Å². The summed E-state index contributed by atoms with van der Waals surface area (Å²) < 4.78 is 27.6. The lowest BCUT2D eigenvalue weighted by atomic mass is 10.0. The third-order valence-electron chi connectivity index (χ3n) is 5.75. The molecule has 2 aliphatic heterocycles. The molecule has 4 heterocycles. The number of phenols is 1. The summed E-state index contributed by atoms with van der Waals surface area (Å²) in [6.07, 6.45) is 5.77. The van der Waals surface area contributed by atoms with Crippen molar-refractivity contribution in [2.75, 3.05) is 7.11 Å². The molecule has 5 rings (SSSR count). The van der Waals surface area contributed by atoms with Gasteiger partial charge in [-0.05, 0) is 18.6 Å². The number of piperidine rings is 1. The van der Waals surface area contributed by atoms with Gasteiger partial charge in [0.25, 0.3) is 0 Å². The molecule has 3 aromatic rings. The van der Waals surface area contributed by atoms with Gasteiger partial charge in [-0.3, -0.25) is 0 Å². The molecule has 0 aliphatic carbocycles. The number of alkyl halides is 1. The Kier molecular flexibility index (Phi) is 4.80. The highest BCUT2D eigenvalue weighted by Crippen LogP contribution is 2.33. The molecule has 2 saturated heterocycles. The van der Waals surface area contributed by atoms with Gasteiger partial charge in [0.15, 0.2) is 6.17 Å². The van der Waals surface area contributed by atoms with Crippen LogP contribution >= 0.6 is 0 Å². The molecule has 1 aromatic carbocycles. The van der Waals surface area contributed by atoms with Crippen LogP contribution in [0.3, 0.4) is 0 Å². The fraction of sp³-hybridized carbons (Fsp3) is 0.400. The Balaban J connectivity index is 1.30. The average molecular weight is 412 g/mol. The van der Waals surface area contributed by atoms with Crippen LogP contribution in [0.1, 0.15) is 12.8 Å². The van der Waals surface area contributed by atoms with Crippen LogP contribution in [0, 0.1) is 0 Å². The van der Waals surface area contributed by atoms with Crippen molar-refractivity contribution in [3.8, 4) is 28.7 Å². The molecule has 0 radical (unpaired) electrons. The molecule has 2 aromatic heterocycles. The molecule has 2 aliphatic rings. The maximum Gasteiger partial charge on any atom is 0.336 e. The number of hydrogen-bond acceptors (Lipinski definition) is 8. The van der Waals surface area contributed by atoms with Gasteiger partial charge in [0.05, 0.1) is 24.3 Å². The number of imidazole rings is 1. The van der Waals surface area contributed by atoms with Crippen LogP contribution < -0.4 is 10.1 Å². The van der Waals surface area contributed by atoms with E-state index < -0.39 is 12.3 Å². The number of phenolic OH excluding ortho intramolecular Hbond substituents is 1. The number of aromatic nitrogens is 5. The summed E-state index contributed by atoms with van der Waals surface area (Å²) in [5.41, 5.74) is 1.63. The lowest BCUT2D eigenvalue weighted by molar-refractivity contribution is 0.0289. The van der Waals surface area contributed by atoms with Gasteiger partial charge in [0.1, 0.15) is 17.5 Å². The van der Waals surface area contributed by atoms with Crippen molar-refractivity contribution >= 4 is 0 Å². The van der Waals surface area contributed by atoms with Crippen molar-refractivity contribution in [3.05, 3.63) is 43.1 Å². The molecule has 5 atom stereocenters. The van der Waals surface area contributed by atoms with Gasteiger partial charge in [0.2, 0.25) is 0 Å². The summed E-state index contributed by atoms with van der Waals surface area (Å²) in [5.74, 6) is 0.0373. The Morgan fingerprint density at radius 2 is 2.07 bits per heavy atom. The number of hydrogen-bond donors (Lipinski definition) is 2. The Hall–Kier alpha value is -3.11. The summed E-state index contributed by atoms with van der Waals surface area (Å²) in [5, 5.41) is 21.7. The number of methoxy groups -OCH3 is 1. The zero-order chi connectivity index (χ0) is 20.7. The van der Waals surface area contributed by atoms with Crippen molar-refractivity contribution in [2.45, 2.75) is 43.3 Å². The Morgan fingerprint density at radius 1 is 1.20 bits per heavy atom. The van der Waals surface area contributed by atoms with Crippen molar-refractivity contribution in [1.29, 1.82) is 0 Å². The number of ether oxygens (including phenoxy) is 2. The molecule has 0 unspecified atom stereocenters. The third-order valence-corrected chi connectivity index (χ3v) is 5.75. The van der Waals surface area contributed by atoms with E-state index in [1.165, 1.54) is 6.20 Å². The second-order valence-corrected chi connectivity index (χ2v) is 7.52. The standard InChI is InChI=1S/C20H21FN6O3/c1-29-17-8-14-19(21)18(7-13(17)24-14)30-20-23-9-15(25-26-20)12-3-2-11(6-16(12)28)27-5-4-22-10-27/h2-6,9-10,13-14,17-19,24,28H,7-8H2,1H3/t13-,14-,17+,18+,19+/m0/s1. The van der Waals surface area contributed by atoms with Gasteiger partial charge in [-0.25, -0.2) is 14.4 Å². The zero-order valence-electron chi connectivity index (χ0n) is 16.2. The van der Waals surface area contributed by atoms with Crippen LogP contribution in [0.5, 0.6) is 11.8 Å². The molecular weight excluding hydrogens is 391 g/mol. The molecule has 0 saturated carbocycles. The van der Waals surface area contributed by atoms with Gasteiger partial charge in [-0.15, -0.1) is 5.10 Å². The van der Waals surface area contributed by atoms with E-state index >= 15 is 0 Å². The van der Waals surface area contributed by atoms with E-state index in [-0.39, 0.29) is 29.9 Å². The van der Waals surface area contributed by atoms with E-state index in [0.717, 1.165) is 5.69 Å². The molecule has 9 nitrogen and oxygen atoms in total. The molecule has 156 valence electrons. The molecular formula is C20H21FN6O3. The lowest BCUT2D eigenvalue weighted by Gasteiger charge is -2.32. The quantitative estimate of drug-likeness (QED) is 0.652. The highest BCUT2D eigenvalue weighted by atomic mass is 19.1. The van der Waals surface area contributed by atoms with Crippen LogP contribution in [0.25, 0.3) is 16.9 Å². The smallest absolute Gasteiger partial charge is 0.336 e. The van der Waals surface area contributed by atoms with E-state index in [0.29, 0.717) is 24.1 Å². The van der Waals surface area contributed by atoms with Crippen LogP contribution in [0.4, 0.5) is 4.39 Å². The summed E-state index contributed by atoms with van der Waals surface area (Å²) in [6.45, 7) is 0. The first-order valence-electron chi connectivity index (χ1n) is 9.73. The molecule has 2 fully saturated rings. The maximum absolute atomic E-state index is 14.7. The summed E-state index contributed by atoms with van der Waals surface area (Å²) >= 11 is 0. The Morgan fingerprint density at radius 3 is 2.77 bits per heavy atom. The van der Waals surface area contributed by atoms with Crippen molar-refractivity contribution in [2.24, 2.45) is 0 Å². The van der Waals surface area contributed by atoms with Gasteiger partial charge in [0, 0.05) is 49.6 Å². The van der Waals surface area contributed by atoms with Crippen LogP contribution in [-0.2, 0) is 4.74 Å². The first-order valence-corrected chi connectivity index (χ1v) is 9.73. The zero-order valence-corrected chi connectivity index (χ0v) is 16.2. The fourth-order valence-corrected chi connectivity index (χ4v) is 4.21. The average Bonchev–Trinajstić information content (AvgIpc) is 3.41. The van der Waals surface area contributed by atoms with Gasteiger partial charge >= 0.3 is 6.01 Å². The van der Waals surface area contributed by atoms with E-state index in [1.807, 2.05) is 6.07 Å². The first kappa shape index (κ1) is 18.9.